The molecule has 0 bridgehead atoms. The molecule has 0 unspecified atom stereocenters. The van der Waals surface area contributed by atoms with Crippen molar-refractivity contribution in [3.05, 3.63) is 51.9 Å². The van der Waals surface area contributed by atoms with Gasteiger partial charge in [0.2, 0.25) is 0 Å². The van der Waals surface area contributed by atoms with Crippen LogP contribution in [0.25, 0.3) is 0 Å². The third kappa shape index (κ3) is 2.90. The number of nitrogen functional groups attached to an aromatic ring is 1. The molecule has 0 spiro atoms. The van der Waals surface area contributed by atoms with E-state index in [9.17, 15) is 9.18 Å². The Morgan fingerprint density at radius 2 is 2.16 bits per heavy atom. The number of aromatic nitrogens is 1. The number of amides is 1. The molecule has 1 aromatic carbocycles. The Balaban J connectivity index is 2.26. The van der Waals surface area contributed by atoms with E-state index in [1.54, 1.807) is 12.1 Å². The van der Waals surface area contributed by atoms with Crippen LogP contribution in [0.3, 0.4) is 0 Å². The van der Waals surface area contributed by atoms with E-state index in [1.807, 2.05) is 13.0 Å². The smallest absolute Gasteiger partial charge is 0.258 e. The van der Waals surface area contributed by atoms with Gasteiger partial charge in [-0.1, -0.05) is 15.9 Å². The van der Waals surface area contributed by atoms with Gasteiger partial charge in [-0.3, -0.25) is 4.79 Å². The number of nitrogens with one attached hydrogen (secondary N) is 1. The third-order valence-electron chi connectivity index (χ3n) is 2.58. The lowest BCUT2D eigenvalue weighted by Gasteiger charge is -2.08. The Hall–Kier alpha value is -1.95. The highest BCUT2D eigenvalue weighted by Gasteiger charge is 2.14. The first-order chi connectivity index (χ1) is 8.99. The molecule has 0 fully saturated rings. The zero-order valence-electron chi connectivity index (χ0n) is 10.1. The molecule has 98 valence electrons. The molecule has 0 aliphatic rings. The average molecular weight is 324 g/mol. The number of anilines is 2. The summed E-state index contributed by atoms with van der Waals surface area (Å²) in [4.78, 5) is 15.5. The highest BCUT2D eigenvalue weighted by atomic mass is 79.9. The predicted octanol–water partition coefficient (Wildman–Crippen LogP) is 3.13. The molecule has 0 atom stereocenters. The van der Waals surface area contributed by atoms with Gasteiger partial charge in [-0.25, -0.2) is 9.37 Å². The standard InChI is InChI=1S/C13H11BrFN3O/c1-7-6-8(2-3-10(7)14)18-13(19)9-4-5-17-12(16)11(9)15/h2-6H,1H3,(H2,16,17)(H,18,19). The Labute approximate surface area is 118 Å². The molecule has 2 rings (SSSR count). The van der Waals surface area contributed by atoms with Crippen molar-refractivity contribution in [2.75, 3.05) is 11.1 Å². The van der Waals surface area contributed by atoms with Crippen LogP contribution in [0.5, 0.6) is 0 Å². The van der Waals surface area contributed by atoms with E-state index in [-0.39, 0.29) is 11.4 Å². The van der Waals surface area contributed by atoms with Crippen LogP contribution in [0.15, 0.2) is 34.9 Å². The predicted molar refractivity (Wildman–Crippen MR) is 75.4 cm³/mol. The van der Waals surface area contributed by atoms with E-state index in [0.717, 1.165) is 10.0 Å². The van der Waals surface area contributed by atoms with Crippen LogP contribution in [0, 0.1) is 12.7 Å². The lowest BCUT2D eigenvalue weighted by molar-refractivity contribution is 0.102. The van der Waals surface area contributed by atoms with Crippen molar-refractivity contribution in [1.29, 1.82) is 0 Å². The number of nitrogens with zero attached hydrogens (tertiary/aromatic N) is 1. The largest absolute Gasteiger partial charge is 0.381 e. The molecule has 1 heterocycles. The molecule has 3 N–H and O–H groups in total. The second-order valence-corrected chi connectivity index (χ2v) is 4.83. The van der Waals surface area contributed by atoms with Gasteiger partial charge in [0.05, 0.1) is 5.56 Å². The Morgan fingerprint density at radius 1 is 1.42 bits per heavy atom. The lowest BCUT2D eigenvalue weighted by Crippen LogP contribution is -2.15. The van der Waals surface area contributed by atoms with E-state index in [1.165, 1.54) is 12.3 Å². The summed E-state index contributed by atoms with van der Waals surface area (Å²) in [6.45, 7) is 1.89. The number of benzene rings is 1. The molecule has 0 aliphatic heterocycles. The summed E-state index contributed by atoms with van der Waals surface area (Å²) in [5.74, 6) is -1.67. The molecular weight excluding hydrogens is 313 g/mol. The molecular formula is C13H11BrFN3O. The van der Waals surface area contributed by atoms with E-state index in [2.05, 4.69) is 26.2 Å². The van der Waals surface area contributed by atoms with Crippen molar-refractivity contribution in [2.24, 2.45) is 0 Å². The van der Waals surface area contributed by atoms with Crippen LogP contribution in [0.4, 0.5) is 15.9 Å². The van der Waals surface area contributed by atoms with Crippen LogP contribution in [-0.4, -0.2) is 10.9 Å². The Kier molecular flexibility index (Phi) is 3.80. The quantitative estimate of drug-likeness (QED) is 0.892. The maximum Gasteiger partial charge on any atom is 0.258 e. The summed E-state index contributed by atoms with van der Waals surface area (Å²) in [6.07, 6.45) is 1.29. The number of rotatable bonds is 2. The number of pyridine rings is 1. The average Bonchev–Trinajstić information content (AvgIpc) is 2.37. The minimum Gasteiger partial charge on any atom is -0.381 e. The number of halogens is 2. The van der Waals surface area contributed by atoms with Gasteiger partial charge in [0, 0.05) is 16.4 Å². The zero-order valence-corrected chi connectivity index (χ0v) is 11.7. The molecule has 0 radical (unpaired) electrons. The maximum atomic E-state index is 13.6. The summed E-state index contributed by atoms with van der Waals surface area (Å²) >= 11 is 3.36. The SMILES string of the molecule is Cc1cc(NC(=O)c2ccnc(N)c2F)ccc1Br. The van der Waals surface area contributed by atoms with Crippen LogP contribution in [0.2, 0.25) is 0 Å². The molecule has 4 nitrogen and oxygen atoms in total. The molecule has 1 amide bonds. The highest BCUT2D eigenvalue weighted by Crippen LogP contribution is 2.21. The molecule has 6 heteroatoms. The summed E-state index contributed by atoms with van der Waals surface area (Å²) in [6, 6.07) is 6.59. The first-order valence-corrected chi connectivity index (χ1v) is 6.26. The van der Waals surface area contributed by atoms with Crippen molar-refractivity contribution in [3.8, 4) is 0 Å². The van der Waals surface area contributed by atoms with E-state index < -0.39 is 11.7 Å². The van der Waals surface area contributed by atoms with Gasteiger partial charge < -0.3 is 11.1 Å². The lowest BCUT2D eigenvalue weighted by atomic mass is 10.2. The number of hydrogen-bond acceptors (Lipinski definition) is 3. The summed E-state index contributed by atoms with van der Waals surface area (Å²) in [5, 5.41) is 2.61. The van der Waals surface area contributed by atoms with Gasteiger partial charge in [0.25, 0.3) is 5.91 Å². The maximum absolute atomic E-state index is 13.6. The minimum atomic E-state index is -0.811. The van der Waals surface area contributed by atoms with Gasteiger partial charge in [0.1, 0.15) is 0 Å². The summed E-state index contributed by atoms with van der Waals surface area (Å²) < 4.78 is 14.6. The number of carbonyl (C=O) groups excluding carboxylic acids is 1. The number of hydrogen-bond donors (Lipinski definition) is 2. The number of aryl methyl sites for hydroxylation is 1. The summed E-state index contributed by atoms with van der Waals surface area (Å²) in [5.41, 5.74) is 6.74. The van der Waals surface area contributed by atoms with Crippen molar-refractivity contribution < 1.29 is 9.18 Å². The van der Waals surface area contributed by atoms with Gasteiger partial charge >= 0.3 is 0 Å². The van der Waals surface area contributed by atoms with Crippen LogP contribution >= 0.6 is 15.9 Å². The van der Waals surface area contributed by atoms with E-state index in [4.69, 9.17) is 5.73 Å². The highest BCUT2D eigenvalue weighted by molar-refractivity contribution is 9.10. The zero-order chi connectivity index (χ0) is 14.0. The monoisotopic (exact) mass is 323 g/mol. The summed E-state index contributed by atoms with van der Waals surface area (Å²) in [7, 11) is 0. The van der Waals surface area contributed by atoms with Crippen molar-refractivity contribution in [1.82, 2.24) is 4.98 Å². The fourth-order valence-corrected chi connectivity index (χ4v) is 1.80. The normalized spacial score (nSPS) is 10.3. The molecule has 1 aromatic heterocycles. The number of nitrogens with two attached hydrogens (primary N) is 1. The van der Waals surface area contributed by atoms with Gasteiger partial charge in [-0.15, -0.1) is 0 Å². The molecule has 19 heavy (non-hydrogen) atoms. The van der Waals surface area contributed by atoms with Crippen LogP contribution in [0.1, 0.15) is 15.9 Å². The number of carbonyl (C=O) groups is 1. The van der Waals surface area contributed by atoms with Gasteiger partial charge in [0.15, 0.2) is 11.6 Å². The minimum absolute atomic E-state index is 0.131. The molecule has 0 aliphatic carbocycles. The van der Waals surface area contributed by atoms with Gasteiger partial charge in [-0.05, 0) is 36.8 Å². The molecule has 0 saturated heterocycles. The van der Waals surface area contributed by atoms with Crippen molar-refractivity contribution >= 4 is 33.3 Å². The fraction of sp³-hybridized carbons (Fsp3) is 0.0769. The van der Waals surface area contributed by atoms with Crippen LogP contribution < -0.4 is 11.1 Å². The van der Waals surface area contributed by atoms with E-state index >= 15 is 0 Å². The first-order valence-electron chi connectivity index (χ1n) is 5.46. The van der Waals surface area contributed by atoms with Crippen molar-refractivity contribution in [3.63, 3.8) is 0 Å². The fourth-order valence-electron chi connectivity index (χ4n) is 1.56. The topological polar surface area (TPSA) is 68.0 Å². The van der Waals surface area contributed by atoms with Crippen molar-refractivity contribution in [2.45, 2.75) is 6.92 Å². The molecule has 2 aromatic rings. The Morgan fingerprint density at radius 3 is 2.84 bits per heavy atom. The third-order valence-corrected chi connectivity index (χ3v) is 3.47. The first kappa shape index (κ1) is 13.5. The second kappa shape index (κ2) is 5.36. The van der Waals surface area contributed by atoms with Crippen LogP contribution in [-0.2, 0) is 0 Å². The Bertz CT molecular complexity index is 646. The second-order valence-electron chi connectivity index (χ2n) is 3.98. The molecule has 0 saturated carbocycles. The van der Waals surface area contributed by atoms with Gasteiger partial charge in [-0.2, -0.15) is 0 Å². The van der Waals surface area contributed by atoms with E-state index in [0.29, 0.717) is 5.69 Å².